The molecule has 0 spiro atoms. The molecule has 12 heteroatoms. The monoisotopic (exact) mass is 1450 g/mol. The number of benzene rings is 14. The van der Waals surface area contributed by atoms with E-state index in [2.05, 4.69) is 0 Å². The van der Waals surface area contributed by atoms with Crippen LogP contribution in [0.5, 0.6) is 69.0 Å². The third kappa shape index (κ3) is 23.5. The summed E-state index contributed by atoms with van der Waals surface area (Å²) >= 11 is 0. The minimum absolute atomic E-state index is 0.172. The van der Waals surface area contributed by atoms with Crippen LogP contribution < -0.4 is 56.8 Å². The van der Waals surface area contributed by atoms with E-state index in [4.69, 9.17) is 56.8 Å². The van der Waals surface area contributed by atoms with Gasteiger partial charge in [0.05, 0.1) is 0 Å². The van der Waals surface area contributed by atoms with E-state index in [9.17, 15) is 0 Å². The van der Waals surface area contributed by atoms with Crippen LogP contribution in [0.4, 0.5) is 0 Å². The molecule has 0 saturated heterocycles. The predicted octanol–water partition coefficient (Wildman–Crippen LogP) is 22.8. The first kappa shape index (κ1) is 73.3. The van der Waals surface area contributed by atoms with Gasteiger partial charge in [0.15, 0.2) is 0 Å². The first-order valence-electron chi connectivity index (χ1n) is 36.7. The Hall–Kier alpha value is -13.6. The molecule has 0 aliphatic rings. The molecule has 548 valence electrons. The quantitative estimate of drug-likeness (QED) is 0.0344. The van der Waals surface area contributed by atoms with Crippen LogP contribution in [0.15, 0.2) is 352 Å². The molecule has 0 unspecified atom stereocenters. The summed E-state index contributed by atoms with van der Waals surface area (Å²) in [7, 11) is 0. The van der Waals surface area contributed by atoms with Crippen molar-refractivity contribution in [2.75, 3.05) is 0 Å². The standard InChI is InChI=1S/C98H84O12/c1-9-25-73(26-10-1)61-99-91-47-83(48-92(57-91)100-62-74-27-11-2-12-28-74)69-107-87-43-81(44-88(55-87)108-70-84-49-93(101-63-75-29-13-3-14-30-75)58-94(50-84)102-64-76-31-15-4-16-32-76)41-42-82-45-89(109-71-85-51-95(103-65-77-33-17-5-18-34-77)59-96(52-85)104-66-78-35-19-6-20-36-78)56-90(46-82)110-72-86-53-97(105-67-79-37-21-7-22-38-79)60-98(54-86)106-68-80-39-23-8-24-40-80/h1-60H,61-72H2/b42-41+. The fraction of sp³-hybridized carbons (Fsp3) is 0.122. The maximum absolute atomic E-state index is 6.83. The van der Waals surface area contributed by atoms with Crippen molar-refractivity contribution >= 4 is 12.2 Å². The van der Waals surface area contributed by atoms with Gasteiger partial charge in [-0.2, -0.15) is 0 Å². The number of hydrogen-bond acceptors (Lipinski definition) is 12. The molecule has 0 atom stereocenters. The Morgan fingerprint density at radius 1 is 0.127 bits per heavy atom. The molecule has 0 saturated carbocycles. The molecular formula is C98H84O12. The minimum atomic E-state index is 0.172. The molecule has 14 rings (SSSR count). The first-order valence-corrected chi connectivity index (χ1v) is 36.7. The second-order valence-electron chi connectivity index (χ2n) is 26.4. The average Bonchev–Trinajstić information content (AvgIpc) is 0.870. The topological polar surface area (TPSA) is 111 Å². The first-order chi connectivity index (χ1) is 54.3. The van der Waals surface area contributed by atoms with Crippen molar-refractivity contribution in [3.05, 3.63) is 430 Å². The van der Waals surface area contributed by atoms with Crippen LogP contribution in [0.1, 0.15) is 77.9 Å². The maximum Gasteiger partial charge on any atom is 0.124 e. The van der Waals surface area contributed by atoms with Crippen molar-refractivity contribution < 1.29 is 56.8 Å². The predicted molar refractivity (Wildman–Crippen MR) is 431 cm³/mol. The molecular weight excluding hydrogens is 1370 g/mol. The lowest BCUT2D eigenvalue weighted by molar-refractivity contribution is 0.276. The van der Waals surface area contributed by atoms with Crippen LogP contribution >= 0.6 is 0 Å². The fourth-order valence-electron chi connectivity index (χ4n) is 12.0. The molecule has 0 radical (unpaired) electrons. The van der Waals surface area contributed by atoms with Gasteiger partial charge in [-0.3, -0.25) is 0 Å². The minimum Gasteiger partial charge on any atom is -0.489 e. The number of rotatable bonds is 38. The lowest BCUT2D eigenvalue weighted by Gasteiger charge is -2.16. The van der Waals surface area contributed by atoms with Gasteiger partial charge in [0.1, 0.15) is 148 Å². The van der Waals surface area contributed by atoms with Crippen molar-refractivity contribution in [3.63, 3.8) is 0 Å². The van der Waals surface area contributed by atoms with E-state index in [0.717, 1.165) is 77.9 Å². The summed E-state index contributed by atoms with van der Waals surface area (Å²) in [6.07, 6.45) is 4.05. The highest BCUT2D eigenvalue weighted by Gasteiger charge is 2.15. The highest BCUT2D eigenvalue weighted by Crippen LogP contribution is 2.35. The molecule has 0 bridgehead atoms. The Labute approximate surface area is 643 Å². The zero-order valence-electron chi connectivity index (χ0n) is 61.0. The summed E-state index contributed by atoms with van der Waals surface area (Å²) in [6.45, 7) is 3.68. The summed E-state index contributed by atoms with van der Waals surface area (Å²) in [4.78, 5) is 0. The highest BCUT2D eigenvalue weighted by molar-refractivity contribution is 5.72. The normalized spacial score (nSPS) is 10.9. The van der Waals surface area contributed by atoms with E-state index in [-0.39, 0.29) is 26.4 Å². The third-order valence-electron chi connectivity index (χ3n) is 17.6. The maximum atomic E-state index is 6.83. The van der Waals surface area contributed by atoms with Crippen molar-refractivity contribution in [1.82, 2.24) is 0 Å². The lowest BCUT2D eigenvalue weighted by Crippen LogP contribution is -2.03. The van der Waals surface area contributed by atoms with Crippen molar-refractivity contribution in [1.29, 1.82) is 0 Å². The SMILES string of the molecule is C(=C\c1cc(OCc2cc(OCc3ccccc3)cc(OCc3ccccc3)c2)cc(OCc2cc(OCc3ccccc3)cc(OCc3ccccc3)c2)c1)/c1cc(OCc2cc(OCc3ccccc3)cc(OCc3ccccc3)c2)cc(OCc2cc(OCc3ccccc3)cc(OCc3ccccc3)c2)c1. The Balaban J connectivity index is 0.787. The summed E-state index contributed by atoms with van der Waals surface area (Å²) in [5.74, 6) is 7.40. The van der Waals surface area contributed by atoms with E-state index >= 15 is 0 Å². The second-order valence-corrected chi connectivity index (χ2v) is 26.4. The van der Waals surface area contributed by atoms with Gasteiger partial charge in [0.25, 0.3) is 0 Å². The fourth-order valence-corrected chi connectivity index (χ4v) is 12.0. The molecule has 110 heavy (non-hydrogen) atoms. The summed E-state index contributed by atoms with van der Waals surface area (Å²) in [5.41, 5.74) is 13.3. The molecule has 0 aromatic heterocycles. The molecule has 0 aliphatic heterocycles. The van der Waals surface area contributed by atoms with Crippen LogP contribution in [0, 0.1) is 0 Å². The molecule has 0 fully saturated rings. The van der Waals surface area contributed by atoms with Crippen LogP contribution in [0.2, 0.25) is 0 Å². The van der Waals surface area contributed by atoms with Crippen molar-refractivity contribution in [2.24, 2.45) is 0 Å². The smallest absolute Gasteiger partial charge is 0.124 e. The number of ether oxygens (including phenoxy) is 12. The van der Waals surface area contributed by atoms with E-state index < -0.39 is 0 Å². The van der Waals surface area contributed by atoms with Gasteiger partial charge in [-0.15, -0.1) is 0 Å². The molecule has 12 nitrogen and oxygen atoms in total. The molecule has 14 aromatic carbocycles. The van der Waals surface area contributed by atoms with Gasteiger partial charge in [-0.25, -0.2) is 0 Å². The van der Waals surface area contributed by atoms with Gasteiger partial charge in [-0.05, 0) is 151 Å². The van der Waals surface area contributed by atoms with Crippen LogP contribution in [-0.4, -0.2) is 0 Å². The van der Waals surface area contributed by atoms with E-state index in [1.165, 1.54) is 0 Å². The lowest BCUT2D eigenvalue weighted by atomic mass is 10.1. The van der Waals surface area contributed by atoms with Crippen LogP contribution in [0.3, 0.4) is 0 Å². The van der Waals surface area contributed by atoms with Crippen LogP contribution in [-0.2, 0) is 79.3 Å². The van der Waals surface area contributed by atoms with Gasteiger partial charge in [-0.1, -0.05) is 255 Å². The zero-order valence-corrected chi connectivity index (χ0v) is 61.0. The Bertz CT molecular complexity index is 4300. The molecule has 0 aliphatic carbocycles. The second kappa shape index (κ2) is 38.6. The largest absolute Gasteiger partial charge is 0.489 e. The van der Waals surface area contributed by atoms with Gasteiger partial charge in [0, 0.05) is 36.4 Å². The zero-order chi connectivity index (χ0) is 74.4. The van der Waals surface area contributed by atoms with Gasteiger partial charge < -0.3 is 56.8 Å². The van der Waals surface area contributed by atoms with Crippen molar-refractivity contribution in [3.8, 4) is 69.0 Å². The molecule has 0 amide bonds. The summed E-state index contributed by atoms with van der Waals surface area (Å²) in [6, 6.07) is 116. The Morgan fingerprint density at radius 2 is 0.245 bits per heavy atom. The van der Waals surface area contributed by atoms with Gasteiger partial charge >= 0.3 is 0 Å². The van der Waals surface area contributed by atoms with E-state index in [1.54, 1.807) is 0 Å². The molecule has 14 aromatic rings. The summed E-state index contributed by atoms with van der Waals surface area (Å²) < 4.78 is 78.8. The Kier molecular flexibility index (Phi) is 25.7. The van der Waals surface area contributed by atoms with Gasteiger partial charge in [0.2, 0.25) is 0 Å². The van der Waals surface area contributed by atoms with E-state index in [0.29, 0.717) is 122 Å². The Morgan fingerprint density at radius 3 is 0.382 bits per heavy atom. The third-order valence-corrected chi connectivity index (χ3v) is 17.6. The van der Waals surface area contributed by atoms with E-state index in [1.807, 2.05) is 364 Å². The average molecular weight is 1450 g/mol. The molecule has 0 N–H and O–H groups in total. The highest BCUT2D eigenvalue weighted by atomic mass is 16.5. The van der Waals surface area contributed by atoms with Crippen LogP contribution in [0.25, 0.3) is 12.2 Å². The number of hydrogen-bond donors (Lipinski definition) is 0. The molecule has 0 heterocycles. The summed E-state index contributed by atoms with van der Waals surface area (Å²) in [5, 5.41) is 0. The van der Waals surface area contributed by atoms with Crippen molar-refractivity contribution in [2.45, 2.75) is 79.3 Å².